The van der Waals surface area contributed by atoms with Gasteiger partial charge in [0.2, 0.25) is 5.91 Å². The highest BCUT2D eigenvalue weighted by Gasteiger charge is 2.35. The van der Waals surface area contributed by atoms with Crippen LogP contribution in [0.1, 0.15) is 25.7 Å². The molecule has 5 heteroatoms. The Kier molecular flexibility index (Phi) is 4.22. The Labute approximate surface area is 108 Å². The Morgan fingerprint density at radius 3 is 2.22 bits per heavy atom. The van der Waals surface area contributed by atoms with Crippen LogP contribution >= 0.6 is 0 Å². The first-order valence-electron chi connectivity index (χ1n) is 6.90. The molecule has 0 radical (unpaired) electrons. The van der Waals surface area contributed by atoms with Gasteiger partial charge in [-0.15, -0.1) is 0 Å². The summed E-state index contributed by atoms with van der Waals surface area (Å²) in [5.41, 5.74) is 0. The number of carboxylic acid groups (broad SMARTS) is 1. The normalized spacial score (nSPS) is 30.2. The molecule has 1 aliphatic heterocycles. The van der Waals surface area contributed by atoms with Crippen molar-refractivity contribution in [2.75, 3.05) is 33.2 Å². The molecule has 0 aromatic rings. The van der Waals surface area contributed by atoms with Crippen molar-refractivity contribution in [3.05, 3.63) is 0 Å². The third kappa shape index (κ3) is 2.83. The molecule has 0 bridgehead atoms. The van der Waals surface area contributed by atoms with Crippen LogP contribution in [0, 0.1) is 11.8 Å². The van der Waals surface area contributed by atoms with E-state index in [1.54, 1.807) is 0 Å². The van der Waals surface area contributed by atoms with Crippen molar-refractivity contribution in [2.24, 2.45) is 11.8 Å². The van der Waals surface area contributed by atoms with E-state index in [9.17, 15) is 14.7 Å². The molecule has 102 valence electrons. The number of carboxylic acids is 1. The number of hydrogen-bond donors (Lipinski definition) is 1. The Bertz CT molecular complexity index is 324. The summed E-state index contributed by atoms with van der Waals surface area (Å²) >= 11 is 0. The van der Waals surface area contributed by atoms with Gasteiger partial charge in [0.05, 0.1) is 33.2 Å². The van der Waals surface area contributed by atoms with Gasteiger partial charge in [-0.2, -0.15) is 0 Å². The molecule has 1 aliphatic carbocycles. The van der Waals surface area contributed by atoms with Crippen molar-refractivity contribution in [1.82, 2.24) is 4.90 Å². The number of nitrogens with zero attached hydrogens (tertiary/aromatic N) is 1. The van der Waals surface area contributed by atoms with E-state index in [0.717, 1.165) is 39.0 Å². The molecule has 0 spiro atoms. The van der Waals surface area contributed by atoms with E-state index in [1.165, 1.54) is 4.90 Å². The van der Waals surface area contributed by atoms with Crippen molar-refractivity contribution in [3.8, 4) is 0 Å². The zero-order chi connectivity index (χ0) is 13.1. The van der Waals surface area contributed by atoms with Crippen LogP contribution in [-0.2, 0) is 9.59 Å². The molecule has 1 amide bonds. The summed E-state index contributed by atoms with van der Waals surface area (Å²) in [7, 11) is 2.12. The molecule has 0 unspecified atom stereocenters. The van der Waals surface area contributed by atoms with E-state index in [0.29, 0.717) is 12.8 Å². The van der Waals surface area contributed by atoms with Gasteiger partial charge >= 0.3 is 0 Å². The minimum absolute atomic E-state index is 0.0383. The number of rotatable bonds is 2. The first kappa shape index (κ1) is 13.3. The van der Waals surface area contributed by atoms with Crippen LogP contribution in [-0.4, -0.2) is 50.0 Å². The van der Waals surface area contributed by atoms with Crippen LogP contribution in [0.4, 0.5) is 0 Å². The van der Waals surface area contributed by atoms with Crippen molar-refractivity contribution >= 4 is 11.9 Å². The summed E-state index contributed by atoms with van der Waals surface area (Å²) < 4.78 is 0. The lowest BCUT2D eigenvalue weighted by Crippen LogP contribution is -3.12. The van der Waals surface area contributed by atoms with E-state index in [2.05, 4.69) is 7.05 Å². The molecular weight excluding hydrogens is 232 g/mol. The van der Waals surface area contributed by atoms with E-state index >= 15 is 0 Å². The number of carbonyl (C=O) groups excluding carboxylic acids is 2. The predicted molar refractivity (Wildman–Crippen MR) is 63.7 cm³/mol. The quantitative estimate of drug-likeness (QED) is 0.614. The van der Waals surface area contributed by atoms with Gasteiger partial charge in [0.25, 0.3) is 0 Å². The number of nitrogens with one attached hydrogen (secondary N) is 1. The molecule has 0 aromatic heterocycles. The monoisotopic (exact) mass is 254 g/mol. The number of quaternary nitrogens is 1. The topological polar surface area (TPSA) is 64.9 Å². The molecule has 5 nitrogen and oxygen atoms in total. The Morgan fingerprint density at radius 1 is 1.11 bits per heavy atom. The second kappa shape index (κ2) is 5.69. The minimum atomic E-state index is -1.05. The van der Waals surface area contributed by atoms with Crippen molar-refractivity contribution in [1.29, 1.82) is 0 Å². The molecule has 1 N–H and O–H groups in total. The number of carbonyl (C=O) groups is 2. The van der Waals surface area contributed by atoms with Crippen molar-refractivity contribution in [3.63, 3.8) is 0 Å². The van der Waals surface area contributed by atoms with Gasteiger partial charge in [-0.3, -0.25) is 4.79 Å². The lowest BCUT2D eigenvalue weighted by atomic mass is 9.78. The Hall–Kier alpha value is -1.10. The van der Waals surface area contributed by atoms with Gasteiger partial charge in [0.15, 0.2) is 0 Å². The zero-order valence-electron chi connectivity index (χ0n) is 11.0. The number of aliphatic carboxylic acids is 1. The van der Waals surface area contributed by atoms with Crippen LogP contribution < -0.4 is 10.0 Å². The maximum absolute atomic E-state index is 12.4. The average molecular weight is 254 g/mol. The van der Waals surface area contributed by atoms with E-state index in [-0.39, 0.29) is 11.8 Å². The first-order chi connectivity index (χ1) is 8.59. The summed E-state index contributed by atoms with van der Waals surface area (Å²) in [6.07, 6.45) is 3.16. The van der Waals surface area contributed by atoms with Crippen LogP contribution in [0.2, 0.25) is 0 Å². The average Bonchev–Trinajstić information content (AvgIpc) is 2.39. The SMILES string of the molecule is C[NH+]1CCN(C(=O)[C@@H]2CCCC[C@@H]2C(=O)[O-])CC1. The lowest BCUT2D eigenvalue weighted by Gasteiger charge is -2.37. The standard InChI is InChI=1S/C13H22N2O3/c1-14-6-8-15(9-7-14)12(16)10-4-2-3-5-11(10)13(17)18/h10-11H,2-9H2,1H3,(H,17,18)/t10-,11+/m1/s1. The molecule has 2 fully saturated rings. The number of hydrogen-bond acceptors (Lipinski definition) is 3. The smallest absolute Gasteiger partial charge is 0.226 e. The largest absolute Gasteiger partial charge is 0.550 e. The fourth-order valence-corrected chi connectivity index (χ4v) is 3.05. The van der Waals surface area contributed by atoms with Gasteiger partial charge in [0.1, 0.15) is 0 Å². The molecule has 2 rings (SSSR count). The Balaban J connectivity index is 2.00. The molecule has 2 aliphatic rings. The summed E-state index contributed by atoms with van der Waals surface area (Å²) in [6, 6.07) is 0. The molecule has 18 heavy (non-hydrogen) atoms. The van der Waals surface area contributed by atoms with Gasteiger partial charge in [-0.05, 0) is 12.8 Å². The van der Waals surface area contributed by atoms with E-state index < -0.39 is 11.9 Å². The zero-order valence-corrected chi connectivity index (χ0v) is 11.0. The molecule has 2 atom stereocenters. The molecular formula is C13H22N2O3. The second-order valence-electron chi connectivity index (χ2n) is 5.60. The van der Waals surface area contributed by atoms with Crippen LogP contribution in [0.5, 0.6) is 0 Å². The van der Waals surface area contributed by atoms with Crippen molar-refractivity contribution in [2.45, 2.75) is 25.7 Å². The van der Waals surface area contributed by atoms with E-state index in [4.69, 9.17) is 0 Å². The predicted octanol–water partition coefficient (Wildman–Crippen LogP) is -2.10. The number of likely N-dealkylation sites (N-methyl/N-ethyl adjacent to an activating group) is 1. The first-order valence-corrected chi connectivity index (χ1v) is 6.90. The molecule has 0 aromatic carbocycles. The van der Waals surface area contributed by atoms with Crippen LogP contribution in [0.15, 0.2) is 0 Å². The highest BCUT2D eigenvalue weighted by molar-refractivity contribution is 5.84. The van der Waals surface area contributed by atoms with Crippen LogP contribution in [0.25, 0.3) is 0 Å². The summed E-state index contributed by atoms with van der Waals surface area (Å²) in [4.78, 5) is 26.8. The molecule has 1 saturated heterocycles. The number of piperazine rings is 1. The summed E-state index contributed by atoms with van der Waals surface area (Å²) in [5, 5.41) is 11.1. The van der Waals surface area contributed by atoms with Crippen LogP contribution in [0.3, 0.4) is 0 Å². The third-order valence-electron chi connectivity index (χ3n) is 4.31. The van der Waals surface area contributed by atoms with E-state index in [1.807, 2.05) is 4.90 Å². The fraction of sp³-hybridized carbons (Fsp3) is 0.846. The Morgan fingerprint density at radius 2 is 1.67 bits per heavy atom. The number of amides is 1. The summed E-state index contributed by atoms with van der Waals surface area (Å²) in [5.74, 6) is -1.93. The van der Waals surface area contributed by atoms with Gasteiger partial charge < -0.3 is 19.7 Å². The van der Waals surface area contributed by atoms with Crippen molar-refractivity contribution < 1.29 is 19.6 Å². The third-order valence-corrected chi connectivity index (χ3v) is 4.31. The highest BCUT2D eigenvalue weighted by Crippen LogP contribution is 2.31. The van der Waals surface area contributed by atoms with Gasteiger partial charge in [-0.1, -0.05) is 12.8 Å². The molecule has 1 heterocycles. The maximum atomic E-state index is 12.4. The lowest BCUT2D eigenvalue weighted by molar-refractivity contribution is -0.883. The molecule has 1 saturated carbocycles. The summed E-state index contributed by atoms with van der Waals surface area (Å²) in [6.45, 7) is 3.41. The maximum Gasteiger partial charge on any atom is 0.226 e. The fourth-order valence-electron chi connectivity index (χ4n) is 3.05. The highest BCUT2D eigenvalue weighted by atomic mass is 16.4. The second-order valence-corrected chi connectivity index (χ2v) is 5.60. The minimum Gasteiger partial charge on any atom is -0.550 e. The van der Waals surface area contributed by atoms with Gasteiger partial charge in [0, 0.05) is 17.8 Å². The van der Waals surface area contributed by atoms with Gasteiger partial charge in [-0.25, -0.2) is 0 Å².